The second kappa shape index (κ2) is 5.72. The van der Waals surface area contributed by atoms with Crippen LogP contribution in [0, 0.1) is 11.8 Å². The van der Waals surface area contributed by atoms with Crippen LogP contribution in [-0.4, -0.2) is 14.5 Å². The Morgan fingerprint density at radius 1 is 1.36 bits per heavy atom. The van der Waals surface area contributed by atoms with E-state index >= 15 is 0 Å². The first-order valence-corrected chi connectivity index (χ1v) is 5.36. The van der Waals surface area contributed by atoms with Crippen molar-refractivity contribution in [2.45, 2.75) is 33.6 Å². The molecule has 0 aliphatic rings. The molecule has 68 valence electrons. The lowest BCUT2D eigenvalue weighted by Crippen LogP contribution is -2.10. The van der Waals surface area contributed by atoms with Crippen LogP contribution < -0.4 is 0 Å². The Kier molecular flexibility index (Phi) is 5.78. The van der Waals surface area contributed by atoms with Crippen LogP contribution in [-0.2, 0) is 11.1 Å². The Balaban J connectivity index is 3.51. The normalized spacial score (nSPS) is 19.3. The molecule has 3 atom stereocenters. The van der Waals surface area contributed by atoms with Crippen LogP contribution in [0.3, 0.4) is 0 Å². The summed E-state index contributed by atoms with van der Waals surface area (Å²) >= 11 is -1.86. The zero-order chi connectivity index (χ0) is 8.85. The number of rotatable bonds is 5. The Morgan fingerprint density at radius 2 is 1.91 bits per heavy atom. The van der Waals surface area contributed by atoms with Gasteiger partial charge in [-0.1, -0.05) is 38.3 Å². The van der Waals surface area contributed by atoms with Gasteiger partial charge in [-0.15, -0.1) is 0 Å². The molecule has 0 fully saturated rings. The summed E-state index contributed by atoms with van der Waals surface area (Å²) in [7, 11) is 0. The summed E-state index contributed by atoms with van der Waals surface area (Å²) in [5.41, 5.74) is 0. The van der Waals surface area contributed by atoms with Crippen LogP contribution in [0.2, 0.25) is 0 Å². The van der Waals surface area contributed by atoms with Gasteiger partial charge in [0.25, 0.3) is 0 Å². The lowest BCUT2D eigenvalue weighted by Gasteiger charge is -2.16. The molecule has 0 aromatic heterocycles. The van der Waals surface area contributed by atoms with Gasteiger partial charge in [0.1, 0.15) is 0 Å². The molecule has 0 rings (SSSR count). The zero-order valence-corrected chi connectivity index (χ0v) is 8.32. The summed E-state index contributed by atoms with van der Waals surface area (Å²) in [5.74, 6) is 1.27. The van der Waals surface area contributed by atoms with Crippen LogP contribution in [0.5, 0.6) is 0 Å². The number of hydrogen-bond donors (Lipinski definition) is 0. The highest BCUT2D eigenvalue weighted by molar-refractivity contribution is 7.79. The minimum atomic E-state index is -1.86. The summed E-state index contributed by atoms with van der Waals surface area (Å²) in [6, 6.07) is 0. The van der Waals surface area contributed by atoms with E-state index in [1.165, 1.54) is 0 Å². The highest BCUT2D eigenvalue weighted by Crippen LogP contribution is 2.14. The third-order valence-corrected chi connectivity index (χ3v) is 2.76. The van der Waals surface area contributed by atoms with E-state index < -0.39 is 11.1 Å². The van der Waals surface area contributed by atoms with Gasteiger partial charge in [0, 0.05) is 5.75 Å². The molecule has 3 heteroatoms. The highest BCUT2D eigenvalue weighted by atomic mass is 32.2. The monoisotopic (exact) mass is 177 g/mol. The maximum Gasteiger partial charge on any atom is 0.0127 e. The van der Waals surface area contributed by atoms with Gasteiger partial charge in [0.15, 0.2) is 0 Å². The predicted molar refractivity (Wildman–Crippen MR) is 47.0 cm³/mol. The van der Waals surface area contributed by atoms with Gasteiger partial charge < -0.3 is 4.55 Å². The Morgan fingerprint density at radius 3 is 2.27 bits per heavy atom. The third-order valence-electron chi connectivity index (χ3n) is 1.92. The molecule has 0 bridgehead atoms. The van der Waals surface area contributed by atoms with Crippen LogP contribution in [0.4, 0.5) is 0 Å². The van der Waals surface area contributed by atoms with Crippen LogP contribution in [0.25, 0.3) is 0 Å². The van der Waals surface area contributed by atoms with Gasteiger partial charge >= 0.3 is 0 Å². The van der Waals surface area contributed by atoms with E-state index in [1.54, 1.807) is 0 Å². The van der Waals surface area contributed by atoms with Gasteiger partial charge in [0.2, 0.25) is 0 Å². The molecule has 0 spiro atoms. The molecule has 0 aliphatic carbocycles. The van der Waals surface area contributed by atoms with E-state index in [1.807, 2.05) is 6.92 Å². The fourth-order valence-electron chi connectivity index (χ4n) is 1.15. The number of hydrogen-bond acceptors (Lipinski definition) is 2. The molecule has 0 radical (unpaired) electrons. The molecule has 2 nitrogen and oxygen atoms in total. The van der Waals surface area contributed by atoms with E-state index in [0.29, 0.717) is 17.6 Å². The molecule has 0 N–H and O–H groups in total. The van der Waals surface area contributed by atoms with Crippen molar-refractivity contribution >= 4 is 11.1 Å². The Labute approximate surface area is 71.7 Å². The van der Waals surface area contributed by atoms with Gasteiger partial charge in [-0.05, 0) is 18.3 Å². The Bertz CT molecular complexity index is 125. The van der Waals surface area contributed by atoms with Crippen molar-refractivity contribution in [2.75, 3.05) is 5.75 Å². The maximum atomic E-state index is 10.3. The molecule has 11 heavy (non-hydrogen) atoms. The first-order chi connectivity index (χ1) is 5.06. The summed E-state index contributed by atoms with van der Waals surface area (Å²) < 4.78 is 20.6. The van der Waals surface area contributed by atoms with E-state index in [4.69, 9.17) is 0 Å². The predicted octanol–water partition coefficient (Wildman–Crippen LogP) is 1.94. The van der Waals surface area contributed by atoms with Crippen molar-refractivity contribution < 1.29 is 8.76 Å². The summed E-state index contributed by atoms with van der Waals surface area (Å²) in [6.45, 7) is 6.28. The van der Waals surface area contributed by atoms with Crippen molar-refractivity contribution in [3.63, 3.8) is 0 Å². The molecule has 3 unspecified atom stereocenters. The van der Waals surface area contributed by atoms with E-state index in [9.17, 15) is 8.76 Å². The highest BCUT2D eigenvalue weighted by Gasteiger charge is 2.06. The average molecular weight is 177 g/mol. The van der Waals surface area contributed by atoms with E-state index in [-0.39, 0.29) is 0 Å². The molecule has 0 amide bonds. The van der Waals surface area contributed by atoms with E-state index in [2.05, 4.69) is 13.8 Å². The lowest BCUT2D eigenvalue weighted by molar-refractivity contribution is 0.423. The summed E-state index contributed by atoms with van der Waals surface area (Å²) in [6.07, 6.45) is 2.15. The van der Waals surface area contributed by atoms with Gasteiger partial charge in [-0.2, -0.15) is 0 Å². The van der Waals surface area contributed by atoms with Gasteiger partial charge in [0.05, 0.1) is 0 Å². The van der Waals surface area contributed by atoms with Crippen LogP contribution in [0.1, 0.15) is 33.6 Å². The lowest BCUT2D eigenvalue weighted by atomic mass is 9.97. The topological polar surface area (TPSA) is 40.1 Å². The van der Waals surface area contributed by atoms with Crippen molar-refractivity contribution in [1.82, 2.24) is 0 Å². The first-order valence-electron chi connectivity index (χ1n) is 4.12. The minimum absolute atomic E-state index is 0.309. The molecule has 0 heterocycles. The molecular weight excluding hydrogens is 160 g/mol. The fraction of sp³-hybridized carbons (Fsp3) is 1.00. The Hall–Kier alpha value is 0.110. The molecule has 0 aromatic rings. The van der Waals surface area contributed by atoms with Crippen LogP contribution >= 0.6 is 0 Å². The largest absolute Gasteiger partial charge is 0.772 e. The third kappa shape index (κ3) is 6.51. The van der Waals surface area contributed by atoms with Crippen molar-refractivity contribution in [2.24, 2.45) is 11.8 Å². The van der Waals surface area contributed by atoms with Gasteiger partial charge in [-0.25, -0.2) is 0 Å². The minimum Gasteiger partial charge on any atom is -0.772 e. The molecular formula is C8H17O2S-. The van der Waals surface area contributed by atoms with Crippen molar-refractivity contribution in [3.05, 3.63) is 0 Å². The molecule has 0 aliphatic heterocycles. The van der Waals surface area contributed by atoms with Crippen molar-refractivity contribution in [1.29, 1.82) is 0 Å². The zero-order valence-electron chi connectivity index (χ0n) is 7.50. The smallest absolute Gasteiger partial charge is 0.0127 e. The standard InChI is InChI=1S/C8H18O2S/c1-4-7(2)5-8(3)6-11(9)10/h7-8H,4-6H2,1-3H3,(H,9,10)/p-1. The summed E-state index contributed by atoms with van der Waals surface area (Å²) in [5, 5.41) is 0. The average Bonchev–Trinajstić information content (AvgIpc) is 1.85. The fourth-order valence-corrected chi connectivity index (χ4v) is 1.75. The molecule has 0 aromatic carbocycles. The van der Waals surface area contributed by atoms with Gasteiger partial charge in [-0.3, -0.25) is 4.21 Å². The second-order valence-corrected chi connectivity index (χ2v) is 4.27. The molecule has 0 saturated carbocycles. The first kappa shape index (κ1) is 11.1. The second-order valence-electron chi connectivity index (χ2n) is 3.32. The maximum absolute atomic E-state index is 10.3. The van der Waals surface area contributed by atoms with Crippen molar-refractivity contribution in [3.8, 4) is 0 Å². The quantitative estimate of drug-likeness (QED) is 0.602. The molecule has 0 saturated heterocycles. The SMILES string of the molecule is CCC(C)CC(C)CS(=O)[O-]. The van der Waals surface area contributed by atoms with E-state index in [0.717, 1.165) is 12.8 Å². The summed E-state index contributed by atoms with van der Waals surface area (Å²) in [4.78, 5) is 0. The van der Waals surface area contributed by atoms with Crippen LogP contribution in [0.15, 0.2) is 0 Å².